The van der Waals surface area contributed by atoms with Gasteiger partial charge in [-0.2, -0.15) is 0 Å². The fourth-order valence-electron chi connectivity index (χ4n) is 4.05. The zero-order valence-corrected chi connectivity index (χ0v) is 19.1. The Morgan fingerprint density at radius 2 is 1.79 bits per heavy atom. The van der Waals surface area contributed by atoms with Crippen LogP contribution in [0, 0.1) is 5.92 Å². The smallest absolute Gasteiger partial charge is 0.310 e. The number of benzene rings is 1. The number of halogens is 1. The number of aromatic nitrogens is 2. The third-order valence-electron chi connectivity index (χ3n) is 5.88. The van der Waals surface area contributed by atoms with Gasteiger partial charge in [0.1, 0.15) is 11.6 Å². The van der Waals surface area contributed by atoms with E-state index in [9.17, 15) is 4.79 Å². The van der Waals surface area contributed by atoms with E-state index >= 15 is 0 Å². The van der Waals surface area contributed by atoms with Gasteiger partial charge in [0, 0.05) is 30.3 Å². The summed E-state index contributed by atoms with van der Waals surface area (Å²) in [4.78, 5) is 20.9. The molecule has 4 nitrogen and oxygen atoms in total. The van der Waals surface area contributed by atoms with Gasteiger partial charge in [-0.15, -0.1) is 0 Å². The SMILES string of the molecule is CCCCCC1CCC(c2ncc(-c3ccc(OC(=O)CC)c(Br)c3)cn2)CC1. The number of unbranched alkanes of at least 4 members (excludes halogenated alkanes) is 2. The van der Waals surface area contributed by atoms with E-state index in [0.29, 0.717) is 18.1 Å². The Kier molecular flexibility index (Phi) is 8.22. The maximum atomic E-state index is 11.5. The van der Waals surface area contributed by atoms with Gasteiger partial charge < -0.3 is 4.74 Å². The second kappa shape index (κ2) is 10.9. The number of carbonyl (C=O) groups is 1. The highest BCUT2D eigenvalue weighted by Crippen LogP contribution is 2.37. The molecule has 1 aliphatic rings. The van der Waals surface area contributed by atoms with Gasteiger partial charge >= 0.3 is 5.97 Å². The number of hydrogen-bond donors (Lipinski definition) is 0. The molecular weight excluding hydrogens is 428 g/mol. The first-order valence-corrected chi connectivity index (χ1v) is 11.7. The molecule has 1 saturated carbocycles. The van der Waals surface area contributed by atoms with Crippen molar-refractivity contribution in [2.75, 3.05) is 0 Å². The number of nitrogens with zero attached hydrogens (tertiary/aromatic N) is 2. The summed E-state index contributed by atoms with van der Waals surface area (Å²) in [5.41, 5.74) is 1.97. The Hall–Kier alpha value is -1.75. The van der Waals surface area contributed by atoms with Crippen molar-refractivity contribution in [1.29, 1.82) is 0 Å². The molecule has 1 heterocycles. The van der Waals surface area contributed by atoms with Gasteiger partial charge in [0.25, 0.3) is 0 Å². The number of carbonyl (C=O) groups excluding carboxylic acids is 1. The van der Waals surface area contributed by atoms with Crippen LogP contribution in [-0.2, 0) is 4.79 Å². The van der Waals surface area contributed by atoms with Crippen molar-refractivity contribution in [3.05, 3.63) is 40.9 Å². The van der Waals surface area contributed by atoms with Crippen LogP contribution in [0.5, 0.6) is 5.75 Å². The van der Waals surface area contributed by atoms with Crippen LogP contribution in [0.3, 0.4) is 0 Å². The largest absolute Gasteiger partial charge is 0.425 e. The van der Waals surface area contributed by atoms with Crippen molar-refractivity contribution in [1.82, 2.24) is 9.97 Å². The first-order valence-electron chi connectivity index (χ1n) is 10.9. The fourth-order valence-corrected chi connectivity index (χ4v) is 4.51. The predicted molar refractivity (Wildman–Crippen MR) is 120 cm³/mol. The van der Waals surface area contributed by atoms with E-state index in [1.165, 1.54) is 51.4 Å². The van der Waals surface area contributed by atoms with E-state index < -0.39 is 0 Å². The minimum atomic E-state index is -0.244. The topological polar surface area (TPSA) is 52.1 Å². The Morgan fingerprint density at radius 1 is 1.07 bits per heavy atom. The van der Waals surface area contributed by atoms with Crippen LogP contribution in [0.15, 0.2) is 35.1 Å². The molecule has 0 saturated heterocycles. The number of ether oxygens (including phenoxy) is 1. The van der Waals surface area contributed by atoms with Crippen molar-refractivity contribution in [3.8, 4) is 16.9 Å². The summed E-state index contributed by atoms with van der Waals surface area (Å²) in [7, 11) is 0. The third-order valence-corrected chi connectivity index (χ3v) is 6.50. The molecule has 1 aromatic carbocycles. The Labute approximate surface area is 182 Å². The molecule has 0 amide bonds. The normalized spacial score (nSPS) is 19.1. The van der Waals surface area contributed by atoms with Gasteiger partial charge in [0.05, 0.1) is 4.47 Å². The fraction of sp³-hybridized carbons (Fsp3) is 0.542. The summed E-state index contributed by atoms with van der Waals surface area (Å²) in [6.45, 7) is 4.05. The summed E-state index contributed by atoms with van der Waals surface area (Å²) in [6.07, 6.45) is 14.6. The van der Waals surface area contributed by atoms with Crippen LogP contribution in [0.2, 0.25) is 0 Å². The van der Waals surface area contributed by atoms with Crippen LogP contribution in [0.1, 0.15) is 83.4 Å². The van der Waals surface area contributed by atoms with E-state index in [0.717, 1.165) is 27.3 Å². The summed E-state index contributed by atoms with van der Waals surface area (Å²) in [5, 5.41) is 0. The quantitative estimate of drug-likeness (QED) is 0.241. The molecule has 156 valence electrons. The summed E-state index contributed by atoms with van der Waals surface area (Å²) >= 11 is 3.49. The Morgan fingerprint density at radius 3 is 2.41 bits per heavy atom. The highest BCUT2D eigenvalue weighted by molar-refractivity contribution is 9.10. The molecule has 1 aromatic heterocycles. The zero-order valence-electron chi connectivity index (χ0n) is 17.5. The molecule has 3 rings (SSSR count). The van der Waals surface area contributed by atoms with Crippen LogP contribution in [0.4, 0.5) is 0 Å². The third kappa shape index (κ3) is 6.11. The van der Waals surface area contributed by atoms with Gasteiger partial charge in [0.2, 0.25) is 0 Å². The lowest BCUT2D eigenvalue weighted by Crippen LogP contribution is -2.15. The molecule has 1 fully saturated rings. The minimum absolute atomic E-state index is 0.244. The average molecular weight is 459 g/mol. The first-order chi connectivity index (χ1) is 14.1. The minimum Gasteiger partial charge on any atom is -0.425 e. The second-order valence-electron chi connectivity index (χ2n) is 8.02. The second-order valence-corrected chi connectivity index (χ2v) is 8.87. The lowest BCUT2D eigenvalue weighted by Gasteiger charge is -2.27. The molecule has 0 bridgehead atoms. The van der Waals surface area contributed by atoms with Crippen LogP contribution < -0.4 is 4.74 Å². The molecule has 5 heteroatoms. The number of esters is 1. The lowest BCUT2D eigenvalue weighted by atomic mass is 9.79. The van der Waals surface area contributed by atoms with E-state index in [1.54, 1.807) is 13.0 Å². The molecule has 0 spiro atoms. The molecule has 2 aromatic rings. The van der Waals surface area contributed by atoms with E-state index in [4.69, 9.17) is 4.74 Å². The van der Waals surface area contributed by atoms with Crippen molar-refractivity contribution in [3.63, 3.8) is 0 Å². The summed E-state index contributed by atoms with van der Waals surface area (Å²) in [5.74, 6) is 2.66. The van der Waals surface area contributed by atoms with Crippen molar-refractivity contribution >= 4 is 21.9 Å². The van der Waals surface area contributed by atoms with Gasteiger partial charge in [-0.25, -0.2) is 9.97 Å². The van der Waals surface area contributed by atoms with Gasteiger partial charge in [0.15, 0.2) is 0 Å². The van der Waals surface area contributed by atoms with Crippen LogP contribution in [-0.4, -0.2) is 15.9 Å². The van der Waals surface area contributed by atoms with E-state index in [1.807, 2.05) is 24.5 Å². The first kappa shape index (κ1) is 21.9. The lowest BCUT2D eigenvalue weighted by molar-refractivity contribution is -0.134. The van der Waals surface area contributed by atoms with Gasteiger partial charge in [-0.3, -0.25) is 4.79 Å². The zero-order chi connectivity index (χ0) is 20.6. The molecule has 1 aliphatic carbocycles. The maximum Gasteiger partial charge on any atom is 0.310 e. The van der Waals surface area contributed by atoms with Crippen molar-refractivity contribution in [2.45, 2.75) is 77.6 Å². The monoisotopic (exact) mass is 458 g/mol. The van der Waals surface area contributed by atoms with Crippen molar-refractivity contribution in [2.24, 2.45) is 5.92 Å². The Bertz CT molecular complexity index is 799. The van der Waals surface area contributed by atoms with E-state index in [2.05, 4.69) is 32.8 Å². The predicted octanol–water partition coefficient (Wildman–Crippen LogP) is 7.08. The highest BCUT2D eigenvalue weighted by atomic mass is 79.9. The molecule has 0 unspecified atom stereocenters. The maximum absolute atomic E-state index is 11.5. The number of rotatable bonds is 8. The van der Waals surface area contributed by atoms with Crippen LogP contribution >= 0.6 is 15.9 Å². The molecular formula is C24H31BrN2O2. The van der Waals surface area contributed by atoms with Crippen molar-refractivity contribution < 1.29 is 9.53 Å². The summed E-state index contributed by atoms with van der Waals surface area (Å²) in [6, 6.07) is 5.68. The molecule has 0 radical (unpaired) electrons. The highest BCUT2D eigenvalue weighted by Gasteiger charge is 2.23. The van der Waals surface area contributed by atoms with Gasteiger partial charge in [-0.05, 0) is 65.2 Å². The summed E-state index contributed by atoms with van der Waals surface area (Å²) < 4.78 is 6.06. The molecule has 0 atom stereocenters. The van der Waals surface area contributed by atoms with Gasteiger partial charge in [-0.1, -0.05) is 45.6 Å². The molecule has 0 N–H and O–H groups in total. The Balaban J connectivity index is 1.59. The molecule has 29 heavy (non-hydrogen) atoms. The average Bonchev–Trinajstić information content (AvgIpc) is 2.76. The van der Waals surface area contributed by atoms with E-state index in [-0.39, 0.29) is 5.97 Å². The standard InChI is InChI=1S/C24H31BrN2O2/c1-3-5-6-7-17-8-10-18(11-9-17)24-26-15-20(16-27-24)19-12-13-22(21(25)14-19)29-23(28)4-2/h12-18H,3-11H2,1-2H3. The van der Waals surface area contributed by atoms with Crippen LogP contribution in [0.25, 0.3) is 11.1 Å². The molecule has 0 aliphatic heterocycles. The number of hydrogen-bond acceptors (Lipinski definition) is 4.